The highest BCUT2D eigenvalue weighted by molar-refractivity contribution is 5.93. The summed E-state index contributed by atoms with van der Waals surface area (Å²) < 4.78 is 5.31. The first-order valence-corrected chi connectivity index (χ1v) is 7.68. The molecule has 0 spiro atoms. The van der Waals surface area contributed by atoms with Gasteiger partial charge in [-0.2, -0.15) is 0 Å². The maximum Gasteiger partial charge on any atom is 0.412 e. The smallest absolute Gasteiger partial charge is 0.412 e. The average molecular weight is 322 g/mol. The fraction of sp³-hybridized carbons (Fsp3) is 0.158. The van der Waals surface area contributed by atoms with Crippen molar-refractivity contribution in [2.45, 2.75) is 19.9 Å². The number of aromatic nitrogens is 1. The van der Waals surface area contributed by atoms with Gasteiger partial charge in [-0.25, -0.2) is 4.79 Å². The molecule has 122 valence electrons. The van der Waals surface area contributed by atoms with Crippen molar-refractivity contribution in [3.8, 4) is 11.3 Å². The van der Waals surface area contributed by atoms with E-state index in [-0.39, 0.29) is 6.04 Å². The van der Waals surface area contributed by atoms with E-state index >= 15 is 0 Å². The number of carbonyl (C=O) groups is 1. The molecule has 0 aliphatic heterocycles. The number of aryl methyl sites for hydroxylation is 1. The number of hydrogen-bond acceptors (Lipinski definition) is 3. The monoisotopic (exact) mass is 322 g/mol. The molecule has 1 aromatic heterocycles. The van der Waals surface area contributed by atoms with E-state index in [0.29, 0.717) is 17.1 Å². The van der Waals surface area contributed by atoms with Gasteiger partial charge in [0.25, 0.3) is 0 Å². The van der Waals surface area contributed by atoms with E-state index < -0.39 is 6.09 Å². The third-order valence-electron chi connectivity index (χ3n) is 4.00. The van der Waals surface area contributed by atoms with Crippen molar-refractivity contribution < 1.29 is 14.4 Å². The number of nitrogens with zero attached hydrogens (tertiary/aromatic N) is 2. The van der Waals surface area contributed by atoms with Crippen LogP contribution in [0.3, 0.4) is 0 Å². The van der Waals surface area contributed by atoms with Gasteiger partial charge in [0.05, 0.1) is 6.04 Å². The van der Waals surface area contributed by atoms with Crippen molar-refractivity contribution in [2.24, 2.45) is 0 Å². The summed E-state index contributed by atoms with van der Waals surface area (Å²) in [7, 11) is 0. The summed E-state index contributed by atoms with van der Waals surface area (Å²) >= 11 is 0. The summed E-state index contributed by atoms with van der Waals surface area (Å²) in [4.78, 5) is 13.3. The molecule has 5 heteroatoms. The van der Waals surface area contributed by atoms with Crippen molar-refractivity contribution in [1.29, 1.82) is 0 Å². The first-order valence-electron chi connectivity index (χ1n) is 7.68. The second kappa shape index (κ2) is 6.58. The number of rotatable bonds is 4. The molecule has 0 unspecified atom stereocenters. The third kappa shape index (κ3) is 2.88. The van der Waals surface area contributed by atoms with Gasteiger partial charge < -0.3 is 9.63 Å². The van der Waals surface area contributed by atoms with Crippen LogP contribution in [-0.2, 0) is 0 Å². The van der Waals surface area contributed by atoms with Crippen molar-refractivity contribution in [1.82, 2.24) is 5.16 Å². The lowest BCUT2D eigenvalue weighted by atomic mass is 10.0. The summed E-state index contributed by atoms with van der Waals surface area (Å²) in [6.07, 6.45) is -1.05. The van der Waals surface area contributed by atoms with Crippen LogP contribution in [0.2, 0.25) is 0 Å². The first kappa shape index (κ1) is 15.8. The zero-order valence-electron chi connectivity index (χ0n) is 13.5. The lowest BCUT2D eigenvalue weighted by Crippen LogP contribution is -2.32. The molecule has 0 aliphatic carbocycles. The lowest BCUT2D eigenvalue weighted by molar-refractivity contribution is 0.199. The first-order chi connectivity index (χ1) is 11.6. The quantitative estimate of drug-likeness (QED) is 0.742. The molecule has 0 bridgehead atoms. The maximum absolute atomic E-state index is 12.0. The van der Waals surface area contributed by atoms with E-state index in [1.54, 1.807) is 6.92 Å². The molecule has 1 atom stereocenters. The molecule has 3 aromatic rings. The Hall–Kier alpha value is -3.08. The normalized spacial score (nSPS) is 11.9. The number of carboxylic acid groups (broad SMARTS) is 1. The van der Waals surface area contributed by atoms with E-state index in [2.05, 4.69) is 5.16 Å². The molecule has 1 N–H and O–H groups in total. The topological polar surface area (TPSA) is 66.6 Å². The van der Waals surface area contributed by atoms with Crippen LogP contribution >= 0.6 is 0 Å². The minimum atomic E-state index is -1.05. The Morgan fingerprint density at radius 1 is 1.08 bits per heavy atom. The molecule has 0 radical (unpaired) electrons. The molecule has 0 saturated heterocycles. The number of hydrogen-bond donors (Lipinski definition) is 1. The van der Waals surface area contributed by atoms with Crippen LogP contribution in [-0.4, -0.2) is 16.4 Å². The minimum Gasteiger partial charge on any atom is -0.465 e. The highest BCUT2D eigenvalue weighted by Gasteiger charge is 2.30. The Balaban J connectivity index is 2.11. The summed E-state index contributed by atoms with van der Waals surface area (Å²) in [5, 5.41) is 13.9. The summed E-state index contributed by atoms with van der Waals surface area (Å²) in [5.74, 6) is 0.471. The molecule has 0 saturated carbocycles. The average Bonchev–Trinajstić information content (AvgIpc) is 2.98. The Labute approximate surface area is 140 Å². The number of amides is 1. The van der Waals surface area contributed by atoms with E-state index in [1.165, 1.54) is 4.90 Å². The molecule has 5 nitrogen and oxygen atoms in total. The van der Waals surface area contributed by atoms with Crippen molar-refractivity contribution in [3.05, 3.63) is 72.0 Å². The minimum absolute atomic E-state index is 0.371. The number of benzene rings is 2. The predicted octanol–water partition coefficient (Wildman–Crippen LogP) is 4.90. The highest BCUT2D eigenvalue weighted by atomic mass is 16.5. The van der Waals surface area contributed by atoms with Gasteiger partial charge in [0.15, 0.2) is 5.76 Å². The molecular formula is C19H18N2O3. The summed E-state index contributed by atoms with van der Waals surface area (Å²) in [6, 6.07) is 18.6. The van der Waals surface area contributed by atoms with Gasteiger partial charge in [0.1, 0.15) is 11.4 Å². The molecule has 0 aliphatic rings. The van der Waals surface area contributed by atoms with Gasteiger partial charge in [0.2, 0.25) is 0 Å². The molecular weight excluding hydrogens is 304 g/mol. The zero-order chi connectivity index (χ0) is 17.1. The van der Waals surface area contributed by atoms with E-state index in [1.807, 2.05) is 67.6 Å². The largest absolute Gasteiger partial charge is 0.465 e. The highest BCUT2D eigenvalue weighted by Crippen LogP contribution is 2.37. The van der Waals surface area contributed by atoms with Gasteiger partial charge in [-0.15, -0.1) is 0 Å². The molecule has 3 rings (SSSR count). The maximum atomic E-state index is 12.0. The summed E-state index contributed by atoms with van der Waals surface area (Å²) in [6.45, 7) is 3.58. The van der Waals surface area contributed by atoms with Crippen molar-refractivity contribution >= 4 is 11.8 Å². The van der Waals surface area contributed by atoms with Gasteiger partial charge in [-0.05, 0) is 19.4 Å². The van der Waals surface area contributed by atoms with Crippen molar-refractivity contribution in [2.75, 3.05) is 4.90 Å². The molecule has 0 fully saturated rings. The molecule has 1 heterocycles. The van der Waals surface area contributed by atoms with Crippen LogP contribution in [0.25, 0.3) is 11.3 Å². The SMILES string of the molecule is Cc1onc(-c2ccccc2)c1N(C(=O)O)[C@H](C)c1ccccc1. The van der Waals surface area contributed by atoms with Crippen LogP contribution in [0, 0.1) is 6.92 Å². The fourth-order valence-electron chi connectivity index (χ4n) is 2.77. The Morgan fingerprint density at radius 2 is 1.67 bits per heavy atom. The van der Waals surface area contributed by atoms with Crippen molar-refractivity contribution in [3.63, 3.8) is 0 Å². The van der Waals surface area contributed by atoms with Crippen LogP contribution in [0.5, 0.6) is 0 Å². The lowest BCUT2D eigenvalue weighted by Gasteiger charge is -2.26. The number of anilines is 1. The second-order valence-electron chi connectivity index (χ2n) is 5.54. The Bertz CT molecular complexity index is 828. The second-order valence-corrected chi connectivity index (χ2v) is 5.54. The van der Waals surface area contributed by atoms with E-state index in [9.17, 15) is 9.90 Å². The predicted molar refractivity (Wildman–Crippen MR) is 92.0 cm³/mol. The van der Waals surface area contributed by atoms with Gasteiger partial charge >= 0.3 is 6.09 Å². The summed E-state index contributed by atoms with van der Waals surface area (Å²) in [5.41, 5.74) is 2.72. The van der Waals surface area contributed by atoms with Gasteiger partial charge in [0, 0.05) is 5.56 Å². The molecule has 1 amide bonds. The van der Waals surface area contributed by atoms with Crippen LogP contribution in [0.1, 0.15) is 24.3 Å². The molecule has 2 aromatic carbocycles. The zero-order valence-corrected chi connectivity index (χ0v) is 13.5. The van der Waals surface area contributed by atoms with Gasteiger partial charge in [-0.3, -0.25) is 4.90 Å². The molecule has 24 heavy (non-hydrogen) atoms. The third-order valence-corrected chi connectivity index (χ3v) is 4.00. The van der Waals surface area contributed by atoms with E-state index in [4.69, 9.17) is 4.52 Å². The Kier molecular flexibility index (Phi) is 4.33. The Morgan fingerprint density at radius 3 is 2.25 bits per heavy atom. The fourth-order valence-corrected chi connectivity index (χ4v) is 2.77. The van der Waals surface area contributed by atoms with Gasteiger partial charge in [-0.1, -0.05) is 65.8 Å². The van der Waals surface area contributed by atoms with Crippen LogP contribution in [0.4, 0.5) is 10.5 Å². The van der Waals surface area contributed by atoms with E-state index in [0.717, 1.165) is 11.1 Å². The standard InChI is InChI=1S/C19H18N2O3/c1-13(15-9-5-3-6-10-15)21(19(22)23)18-14(2)24-20-17(18)16-11-7-4-8-12-16/h3-13H,1-2H3,(H,22,23)/t13-/m1/s1. The van der Waals surface area contributed by atoms with Crippen LogP contribution < -0.4 is 4.90 Å². The van der Waals surface area contributed by atoms with Crippen LogP contribution in [0.15, 0.2) is 65.2 Å².